The average molecular weight is 250 g/mol. The van der Waals surface area contributed by atoms with Crippen molar-refractivity contribution in [1.82, 2.24) is 15.5 Å². The van der Waals surface area contributed by atoms with E-state index in [1.807, 2.05) is 24.3 Å². The normalized spacial score (nSPS) is 15.8. The van der Waals surface area contributed by atoms with Gasteiger partial charge in [0.2, 0.25) is 5.89 Å². The summed E-state index contributed by atoms with van der Waals surface area (Å²) in [7, 11) is 0. The fraction of sp³-hybridized carbons (Fsp3) is 0.333. The lowest BCUT2D eigenvalue weighted by Gasteiger charge is -2.22. The van der Waals surface area contributed by atoms with Gasteiger partial charge in [0.15, 0.2) is 5.82 Å². The summed E-state index contributed by atoms with van der Waals surface area (Å²) in [6.45, 7) is 1.87. The van der Waals surface area contributed by atoms with Gasteiger partial charge in [0.25, 0.3) is 0 Å². The van der Waals surface area contributed by atoms with Crippen molar-refractivity contribution >= 4 is 11.6 Å². The predicted molar refractivity (Wildman–Crippen MR) is 64.2 cm³/mol. The Labute approximate surface area is 104 Å². The molecular weight excluding hydrogens is 238 g/mol. The van der Waals surface area contributed by atoms with Crippen LogP contribution in [0, 0.1) is 0 Å². The molecule has 4 nitrogen and oxygen atoms in total. The second kappa shape index (κ2) is 4.47. The molecule has 0 unspecified atom stereocenters. The number of nitrogens with zero attached hydrogens (tertiary/aromatic N) is 2. The van der Waals surface area contributed by atoms with Crippen LogP contribution < -0.4 is 5.32 Å². The first-order valence-corrected chi connectivity index (χ1v) is 5.97. The van der Waals surface area contributed by atoms with Crippen molar-refractivity contribution in [2.45, 2.75) is 12.3 Å². The van der Waals surface area contributed by atoms with Crippen molar-refractivity contribution in [2.24, 2.45) is 0 Å². The molecule has 2 heterocycles. The molecule has 5 heteroatoms. The molecule has 0 radical (unpaired) electrons. The van der Waals surface area contributed by atoms with Gasteiger partial charge >= 0.3 is 0 Å². The monoisotopic (exact) mass is 249 g/mol. The summed E-state index contributed by atoms with van der Waals surface area (Å²) in [5, 5.41) is 7.91. The van der Waals surface area contributed by atoms with E-state index in [9.17, 15) is 0 Å². The zero-order valence-electron chi connectivity index (χ0n) is 9.19. The highest BCUT2D eigenvalue weighted by Crippen LogP contribution is 2.18. The van der Waals surface area contributed by atoms with Gasteiger partial charge in [-0.05, 0) is 17.7 Å². The van der Waals surface area contributed by atoms with Crippen LogP contribution in [0.3, 0.4) is 0 Å². The molecule has 1 aromatic carbocycles. The SMILES string of the molecule is Clc1ccc(Cc2noc(C3CNC3)n2)cc1. The van der Waals surface area contributed by atoms with Crippen molar-refractivity contribution in [3.8, 4) is 0 Å². The highest BCUT2D eigenvalue weighted by Gasteiger charge is 2.24. The third-order valence-electron chi connectivity index (χ3n) is 2.89. The molecule has 1 aliphatic rings. The van der Waals surface area contributed by atoms with Crippen LogP contribution in [0.5, 0.6) is 0 Å². The molecule has 88 valence electrons. The summed E-state index contributed by atoms with van der Waals surface area (Å²) in [5.41, 5.74) is 1.13. The second-order valence-corrected chi connectivity index (χ2v) is 4.64. The zero-order chi connectivity index (χ0) is 11.7. The van der Waals surface area contributed by atoms with E-state index in [-0.39, 0.29) is 0 Å². The Balaban J connectivity index is 1.72. The van der Waals surface area contributed by atoms with Gasteiger partial charge in [-0.15, -0.1) is 0 Å². The Morgan fingerprint density at radius 2 is 2.06 bits per heavy atom. The number of nitrogens with one attached hydrogen (secondary N) is 1. The number of hydrogen-bond acceptors (Lipinski definition) is 4. The smallest absolute Gasteiger partial charge is 0.232 e. The van der Waals surface area contributed by atoms with E-state index in [0.29, 0.717) is 12.3 Å². The van der Waals surface area contributed by atoms with E-state index in [2.05, 4.69) is 15.5 Å². The Hall–Kier alpha value is -1.39. The molecule has 0 spiro atoms. The summed E-state index contributed by atoms with van der Waals surface area (Å²) in [6.07, 6.45) is 0.681. The molecule has 1 aromatic heterocycles. The molecule has 0 atom stereocenters. The number of rotatable bonds is 3. The maximum Gasteiger partial charge on any atom is 0.232 e. The van der Waals surface area contributed by atoms with Gasteiger partial charge in [-0.3, -0.25) is 0 Å². The predicted octanol–water partition coefficient (Wildman–Crippen LogP) is 2.00. The van der Waals surface area contributed by atoms with Crippen LogP contribution in [-0.2, 0) is 6.42 Å². The number of aromatic nitrogens is 2. The largest absolute Gasteiger partial charge is 0.339 e. The van der Waals surface area contributed by atoms with Crippen molar-refractivity contribution in [3.63, 3.8) is 0 Å². The molecule has 0 amide bonds. The van der Waals surface area contributed by atoms with Crippen LogP contribution in [0.1, 0.15) is 23.2 Å². The van der Waals surface area contributed by atoms with Crippen LogP contribution >= 0.6 is 11.6 Å². The van der Waals surface area contributed by atoms with E-state index >= 15 is 0 Å². The van der Waals surface area contributed by atoms with Gasteiger partial charge in [-0.1, -0.05) is 28.9 Å². The van der Waals surface area contributed by atoms with Gasteiger partial charge in [0.1, 0.15) is 0 Å². The molecule has 0 saturated carbocycles. The number of halogens is 1. The van der Waals surface area contributed by atoms with Gasteiger partial charge in [0, 0.05) is 24.5 Å². The van der Waals surface area contributed by atoms with E-state index in [4.69, 9.17) is 16.1 Å². The molecular formula is C12H12ClN3O. The average Bonchev–Trinajstić information content (AvgIpc) is 2.67. The number of benzene rings is 1. The molecule has 1 N–H and O–H groups in total. The van der Waals surface area contributed by atoms with Crippen LogP contribution in [0.25, 0.3) is 0 Å². The minimum absolute atomic E-state index is 0.390. The van der Waals surface area contributed by atoms with Crippen LogP contribution in [0.4, 0.5) is 0 Å². The van der Waals surface area contributed by atoms with Gasteiger partial charge in [-0.2, -0.15) is 4.98 Å². The topological polar surface area (TPSA) is 51.0 Å². The summed E-state index contributed by atoms with van der Waals surface area (Å²) < 4.78 is 5.24. The van der Waals surface area contributed by atoms with Gasteiger partial charge < -0.3 is 9.84 Å². The van der Waals surface area contributed by atoms with Gasteiger partial charge in [0.05, 0.1) is 5.92 Å². The highest BCUT2D eigenvalue weighted by atomic mass is 35.5. The molecule has 1 saturated heterocycles. The van der Waals surface area contributed by atoms with Crippen molar-refractivity contribution < 1.29 is 4.52 Å². The first kappa shape index (κ1) is 10.7. The Morgan fingerprint density at radius 1 is 1.29 bits per heavy atom. The fourth-order valence-corrected chi connectivity index (χ4v) is 1.88. The van der Waals surface area contributed by atoms with Crippen molar-refractivity contribution in [1.29, 1.82) is 0 Å². The lowest BCUT2D eigenvalue weighted by atomic mass is 10.0. The molecule has 3 rings (SSSR count). The molecule has 0 aliphatic carbocycles. The van der Waals surface area contributed by atoms with E-state index in [1.54, 1.807) is 0 Å². The third kappa shape index (κ3) is 2.33. The summed E-state index contributed by atoms with van der Waals surface area (Å²) in [5.74, 6) is 1.86. The maximum atomic E-state index is 5.83. The summed E-state index contributed by atoms with van der Waals surface area (Å²) in [6, 6.07) is 7.69. The van der Waals surface area contributed by atoms with Crippen LogP contribution in [-0.4, -0.2) is 23.2 Å². The third-order valence-corrected chi connectivity index (χ3v) is 3.14. The fourth-order valence-electron chi connectivity index (χ4n) is 1.75. The minimum Gasteiger partial charge on any atom is -0.339 e. The number of hydrogen-bond donors (Lipinski definition) is 1. The molecule has 2 aromatic rings. The van der Waals surface area contributed by atoms with Gasteiger partial charge in [-0.25, -0.2) is 0 Å². The molecule has 1 fully saturated rings. The lowest BCUT2D eigenvalue weighted by molar-refractivity contribution is 0.306. The lowest BCUT2D eigenvalue weighted by Crippen LogP contribution is -2.40. The zero-order valence-corrected chi connectivity index (χ0v) is 9.94. The Morgan fingerprint density at radius 3 is 2.71 bits per heavy atom. The first-order valence-electron chi connectivity index (χ1n) is 5.59. The van der Waals surface area contributed by atoms with E-state index in [0.717, 1.165) is 35.4 Å². The van der Waals surface area contributed by atoms with Crippen molar-refractivity contribution in [3.05, 3.63) is 46.6 Å². The minimum atomic E-state index is 0.390. The second-order valence-electron chi connectivity index (χ2n) is 4.21. The van der Waals surface area contributed by atoms with Crippen LogP contribution in [0.15, 0.2) is 28.8 Å². The maximum absolute atomic E-state index is 5.83. The quantitative estimate of drug-likeness (QED) is 0.904. The first-order chi connectivity index (χ1) is 8.31. The van der Waals surface area contributed by atoms with E-state index in [1.165, 1.54) is 0 Å². The Kier molecular flexibility index (Phi) is 2.82. The molecule has 1 aliphatic heterocycles. The summed E-state index contributed by atoms with van der Waals surface area (Å²) in [4.78, 5) is 4.40. The molecule has 17 heavy (non-hydrogen) atoms. The van der Waals surface area contributed by atoms with Crippen molar-refractivity contribution in [2.75, 3.05) is 13.1 Å². The Bertz CT molecular complexity index is 505. The van der Waals surface area contributed by atoms with E-state index < -0.39 is 0 Å². The summed E-state index contributed by atoms with van der Waals surface area (Å²) >= 11 is 5.83. The highest BCUT2D eigenvalue weighted by molar-refractivity contribution is 6.30. The standard InChI is InChI=1S/C12H12ClN3O/c13-10-3-1-8(2-4-10)5-11-15-12(17-16-11)9-6-14-7-9/h1-4,9,14H,5-7H2. The van der Waals surface area contributed by atoms with Crippen LogP contribution in [0.2, 0.25) is 5.02 Å². The molecule has 0 bridgehead atoms.